The fourth-order valence-electron chi connectivity index (χ4n) is 3.40. The number of aliphatic hydroxyl groups excluding tert-OH is 1. The molecule has 1 amide bonds. The van der Waals surface area contributed by atoms with Crippen molar-refractivity contribution in [3.8, 4) is 11.1 Å². The van der Waals surface area contributed by atoms with Crippen molar-refractivity contribution in [2.24, 2.45) is 0 Å². The lowest BCUT2D eigenvalue weighted by atomic mass is 10.1. The van der Waals surface area contributed by atoms with Crippen molar-refractivity contribution in [1.82, 2.24) is 19.9 Å². The molecule has 7 heteroatoms. The Hall–Kier alpha value is -3.32. The number of carbonyl (C=O) groups is 1. The molecule has 3 aromatic rings. The molecule has 0 unspecified atom stereocenters. The maximum Gasteiger partial charge on any atom is 0.228 e. The summed E-state index contributed by atoms with van der Waals surface area (Å²) in [6.45, 7) is 3.27. The summed E-state index contributed by atoms with van der Waals surface area (Å²) in [5.74, 6) is 0.536. The average Bonchev–Trinajstić information content (AvgIpc) is 2.77. The van der Waals surface area contributed by atoms with Crippen molar-refractivity contribution in [1.29, 1.82) is 0 Å². The molecule has 1 fully saturated rings. The highest BCUT2D eigenvalue weighted by atomic mass is 16.3. The lowest BCUT2D eigenvalue weighted by molar-refractivity contribution is -0.132. The van der Waals surface area contributed by atoms with E-state index in [0.29, 0.717) is 37.6 Å². The van der Waals surface area contributed by atoms with Gasteiger partial charge in [0.1, 0.15) is 0 Å². The van der Waals surface area contributed by atoms with Gasteiger partial charge in [-0.25, -0.2) is 9.97 Å². The molecule has 0 saturated carbocycles. The zero-order chi connectivity index (χ0) is 20.9. The first-order valence-electron chi connectivity index (χ1n) is 10.1. The summed E-state index contributed by atoms with van der Waals surface area (Å²) in [6, 6.07) is 11.9. The van der Waals surface area contributed by atoms with Gasteiger partial charge in [-0.15, -0.1) is 0 Å². The Bertz CT molecular complexity index is 980. The van der Waals surface area contributed by atoms with E-state index in [4.69, 9.17) is 0 Å². The average molecular weight is 403 g/mol. The van der Waals surface area contributed by atoms with Gasteiger partial charge >= 0.3 is 0 Å². The molecule has 1 saturated heterocycles. The quantitative estimate of drug-likeness (QED) is 0.680. The van der Waals surface area contributed by atoms with Crippen LogP contribution in [0.3, 0.4) is 0 Å². The Labute approximate surface area is 175 Å². The van der Waals surface area contributed by atoms with E-state index in [0.717, 1.165) is 16.8 Å². The molecule has 2 aromatic heterocycles. The standard InChI is InChI=1S/C23H25N5O2/c1-16-2-4-17(5-3-16)18-13-25-23(26-14-18)27-20-7-6-19(24-15-20)12-22(30)28-10-8-21(29)9-11-28/h2-7,13-15,21,29H,8-12H2,1H3,(H,25,26,27). The van der Waals surface area contributed by atoms with E-state index < -0.39 is 0 Å². The van der Waals surface area contributed by atoms with Crippen molar-refractivity contribution in [2.75, 3.05) is 18.4 Å². The van der Waals surface area contributed by atoms with Crippen molar-refractivity contribution >= 4 is 17.5 Å². The Morgan fingerprint density at radius 1 is 1.00 bits per heavy atom. The second kappa shape index (κ2) is 9.00. The zero-order valence-corrected chi connectivity index (χ0v) is 17.0. The first-order valence-corrected chi connectivity index (χ1v) is 10.1. The van der Waals surface area contributed by atoms with Crippen molar-refractivity contribution in [2.45, 2.75) is 32.3 Å². The highest BCUT2D eigenvalue weighted by Gasteiger charge is 2.21. The minimum atomic E-state index is -0.286. The molecule has 154 valence electrons. The van der Waals surface area contributed by atoms with Gasteiger partial charge in [0, 0.05) is 36.7 Å². The van der Waals surface area contributed by atoms with Gasteiger partial charge in [-0.2, -0.15) is 0 Å². The summed E-state index contributed by atoms with van der Waals surface area (Å²) in [4.78, 5) is 27.3. The fourth-order valence-corrected chi connectivity index (χ4v) is 3.40. The number of amides is 1. The normalized spacial score (nSPS) is 14.5. The first-order chi connectivity index (χ1) is 14.6. The third kappa shape index (κ3) is 4.99. The van der Waals surface area contributed by atoms with Gasteiger partial charge in [0.05, 0.1) is 24.4 Å². The van der Waals surface area contributed by atoms with Crippen molar-refractivity contribution in [3.05, 3.63) is 66.2 Å². The second-order valence-electron chi connectivity index (χ2n) is 7.61. The molecule has 1 aromatic carbocycles. The molecule has 1 aliphatic rings. The Morgan fingerprint density at radius 3 is 2.33 bits per heavy atom. The molecular formula is C23H25N5O2. The van der Waals surface area contributed by atoms with Crippen LogP contribution in [0, 0.1) is 6.92 Å². The SMILES string of the molecule is Cc1ccc(-c2cnc(Nc3ccc(CC(=O)N4CCC(O)CC4)nc3)nc2)cc1. The van der Waals surface area contributed by atoms with Crippen LogP contribution in [0.15, 0.2) is 55.0 Å². The van der Waals surface area contributed by atoms with Crippen LogP contribution in [0.5, 0.6) is 0 Å². The van der Waals surface area contributed by atoms with Crippen LogP contribution in [0.1, 0.15) is 24.1 Å². The van der Waals surface area contributed by atoms with E-state index in [-0.39, 0.29) is 18.4 Å². The van der Waals surface area contributed by atoms with Gasteiger partial charge in [0.15, 0.2) is 0 Å². The van der Waals surface area contributed by atoms with Crippen LogP contribution in [-0.4, -0.2) is 50.1 Å². The lowest BCUT2D eigenvalue weighted by Gasteiger charge is -2.29. The fraction of sp³-hybridized carbons (Fsp3) is 0.304. The van der Waals surface area contributed by atoms with Crippen LogP contribution >= 0.6 is 0 Å². The summed E-state index contributed by atoms with van der Waals surface area (Å²) >= 11 is 0. The highest BCUT2D eigenvalue weighted by Crippen LogP contribution is 2.20. The summed E-state index contributed by atoms with van der Waals surface area (Å²) < 4.78 is 0. The predicted octanol–water partition coefficient (Wildman–Crippen LogP) is 3.12. The van der Waals surface area contributed by atoms with Gasteiger partial charge in [-0.05, 0) is 37.5 Å². The van der Waals surface area contributed by atoms with E-state index >= 15 is 0 Å². The van der Waals surface area contributed by atoms with E-state index in [1.807, 2.05) is 12.1 Å². The number of aliphatic hydroxyl groups is 1. The van der Waals surface area contributed by atoms with Gasteiger partial charge in [-0.1, -0.05) is 29.8 Å². The Morgan fingerprint density at radius 2 is 1.70 bits per heavy atom. The monoisotopic (exact) mass is 403 g/mol. The largest absolute Gasteiger partial charge is 0.393 e. The van der Waals surface area contributed by atoms with Gasteiger partial charge in [0.2, 0.25) is 11.9 Å². The lowest BCUT2D eigenvalue weighted by Crippen LogP contribution is -2.40. The number of aryl methyl sites for hydroxylation is 1. The molecule has 0 atom stereocenters. The molecule has 3 heterocycles. The van der Waals surface area contributed by atoms with Gasteiger partial charge in [-0.3, -0.25) is 9.78 Å². The Balaban J connectivity index is 1.34. The molecular weight excluding hydrogens is 378 g/mol. The molecule has 1 aliphatic heterocycles. The minimum absolute atomic E-state index is 0.0464. The molecule has 2 N–H and O–H groups in total. The summed E-state index contributed by atoms with van der Waals surface area (Å²) in [6.07, 6.45) is 6.52. The predicted molar refractivity (Wildman–Crippen MR) is 115 cm³/mol. The summed E-state index contributed by atoms with van der Waals surface area (Å²) in [5, 5.41) is 12.7. The van der Waals surface area contributed by atoms with Crippen LogP contribution in [0.4, 0.5) is 11.6 Å². The number of piperidine rings is 1. The first kappa shape index (κ1) is 20.0. The molecule has 0 radical (unpaired) electrons. The number of benzene rings is 1. The molecule has 0 spiro atoms. The Kier molecular flexibility index (Phi) is 5.99. The smallest absolute Gasteiger partial charge is 0.228 e. The van der Waals surface area contributed by atoms with E-state index in [9.17, 15) is 9.90 Å². The molecule has 0 aliphatic carbocycles. The molecule has 0 bridgehead atoms. The van der Waals surface area contributed by atoms with Crippen LogP contribution < -0.4 is 5.32 Å². The minimum Gasteiger partial charge on any atom is -0.393 e. The number of likely N-dealkylation sites (tertiary alicyclic amines) is 1. The van der Waals surface area contributed by atoms with Crippen LogP contribution in [-0.2, 0) is 11.2 Å². The van der Waals surface area contributed by atoms with E-state index in [1.165, 1.54) is 5.56 Å². The maximum atomic E-state index is 12.4. The van der Waals surface area contributed by atoms with Crippen LogP contribution in [0.25, 0.3) is 11.1 Å². The number of aromatic nitrogens is 3. The third-order valence-electron chi connectivity index (χ3n) is 5.27. The van der Waals surface area contributed by atoms with Crippen molar-refractivity contribution < 1.29 is 9.90 Å². The molecule has 7 nitrogen and oxygen atoms in total. The number of pyridine rings is 1. The topological polar surface area (TPSA) is 91.2 Å². The van der Waals surface area contributed by atoms with Crippen LogP contribution in [0.2, 0.25) is 0 Å². The number of rotatable bonds is 5. The van der Waals surface area contributed by atoms with Crippen molar-refractivity contribution in [3.63, 3.8) is 0 Å². The number of nitrogens with one attached hydrogen (secondary N) is 1. The second-order valence-corrected chi connectivity index (χ2v) is 7.61. The maximum absolute atomic E-state index is 12.4. The molecule has 30 heavy (non-hydrogen) atoms. The number of anilines is 2. The number of nitrogens with zero attached hydrogens (tertiary/aromatic N) is 4. The highest BCUT2D eigenvalue weighted by molar-refractivity contribution is 5.78. The molecule has 4 rings (SSSR count). The summed E-state index contributed by atoms with van der Waals surface area (Å²) in [5.41, 5.74) is 4.72. The zero-order valence-electron chi connectivity index (χ0n) is 17.0. The van der Waals surface area contributed by atoms with Gasteiger partial charge in [0.25, 0.3) is 0 Å². The summed E-state index contributed by atoms with van der Waals surface area (Å²) in [7, 11) is 0. The number of hydrogen-bond acceptors (Lipinski definition) is 6. The van der Waals surface area contributed by atoms with E-state index in [1.54, 1.807) is 23.5 Å². The number of carbonyl (C=O) groups excluding carboxylic acids is 1. The number of hydrogen-bond donors (Lipinski definition) is 2. The van der Waals surface area contributed by atoms with Gasteiger partial charge < -0.3 is 15.3 Å². The third-order valence-corrected chi connectivity index (χ3v) is 5.27. The van der Waals surface area contributed by atoms with E-state index in [2.05, 4.69) is 51.5 Å².